The lowest BCUT2D eigenvalue weighted by atomic mass is 10.1. The summed E-state index contributed by atoms with van der Waals surface area (Å²) in [6.07, 6.45) is 3.47. The molecule has 0 aliphatic heterocycles. The highest BCUT2D eigenvalue weighted by atomic mass is 32.2. The van der Waals surface area contributed by atoms with E-state index in [1.54, 1.807) is 6.20 Å². The Morgan fingerprint density at radius 3 is 2.50 bits per heavy atom. The second-order valence-electron chi connectivity index (χ2n) is 6.54. The van der Waals surface area contributed by atoms with E-state index in [9.17, 15) is 22.0 Å². The zero-order valence-electron chi connectivity index (χ0n) is 16.2. The Labute approximate surface area is 177 Å². The first-order chi connectivity index (χ1) is 14.2. The van der Waals surface area contributed by atoms with Gasteiger partial charge in [-0.15, -0.1) is 0 Å². The molecule has 0 aliphatic rings. The van der Waals surface area contributed by atoms with E-state index < -0.39 is 20.5 Å². The van der Waals surface area contributed by atoms with Gasteiger partial charge in [-0.3, -0.25) is 9.36 Å². The Bertz CT molecular complexity index is 1160. The molecule has 30 heavy (non-hydrogen) atoms. The first-order valence-electron chi connectivity index (χ1n) is 8.84. The molecule has 0 unspecified atom stereocenters. The highest BCUT2D eigenvalue weighted by molar-refractivity contribution is 7.99. The SMILES string of the molecule is Cc1ccc(-n2ccnc2SCC(=O)Nc2ccc(S(=O)(=O)C(F)F)cc2)c(C)c1. The number of imidazole rings is 1. The van der Waals surface area contributed by atoms with Gasteiger partial charge in [-0.2, -0.15) is 8.78 Å². The number of amides is 1. The number of anilines is 1. The van der Waals surface area contributed by atoms with Crippen LogP contribution in [0.2, 0.25) is 0 Å². The van der Waals surface area contributed by atoms with Crippen LogP contribution in [0.25, 0.3) is 5.69 Å². The Balaban J connectivity index is 1.64. The molecular weight excluding hydrogens is 432 g/mol. The fraction of sp³-hybridized carbons (Fsp3) is 0.200. The average Bonchev–Trinajstić information content (AvgIpc) is 3.15. The quantitative estimate of drug-likeness (QED) is 0.544. The molecule has 0 radical (unpaired) electrons. The highest BCUT2D eigenvalue weighted by Crippen LogP contribution is 2.24. The van der Waals surface area contributed by atoms with E-state index in [1.165, 1.54) is 23.9 Å². The zero-order valence-corrected chi connectivity index (χ0v) is 17.8. The number of aromatic nitrogens is 2. The Morgan fingerprint density at radius 2 is 1.87 bits per heavy atom. The second kappa shape index (κ2) is 8.97. The number of thioether (sulfide) groups is 1. The molecule has 10 heteroatoms. The van der Waals surface area contributed by atoms with Crippen LogP contribution < -0.4 is 5.32 Å². The fourth-order valence-electron chi connectivity index (χ4n) is 2.81. The van der Waals surface area contributed by atoms with Gasteiger partial charge in [-0.05, 0) is 49.7 Å². The van der Waals surface area contributed by atoms with Crippen molar-refractivity contribution in [3.05, 3.63) is 66.0 Å². The minimum Gasteiger partial charge on any atom is -0.325 e. The molecule has 6 nitrogen and oxygen atoms in total. The number of alkyl halides is 2. The number of halogens is 2. The second-order valence-corrected chi connectivity index (χ2v) is 9.40. The van der Waals surface area contributed by atoms with E-state index in [-0.39, 0.29) is 11.7 Å². The maximum atomic E-state index is 12.6. The normalized spacial score (nSPS) is 11.6. The summed E-state index contributed by atoms with van der Waals surface area (Å²) in [7, 11) is -4.66. The lowest BCUT2D eigenvalue weighted by Gasteiger charge is -2.11. The van der Waals surface area contributed by atoms with Gasteiger partial charge in [0.25, 0.3) is 0 Å². The third-order valence-corrected chi connectivity index (χ3v) is 6.62. The van der Waals surface area contributed by atoms with E-state index in [0.717, 1.165) is 28.9 Å². The summed E-state index contributed by atoms with van der Waals surface area (Å²) < 4.78 is 49.9. The molecule has 1 aromatic heterocycles. The van der Waals surface area contributed by atoms with Crippen molar-refractivity contribution in [2.24, 2.45) is 0 Å². The van der Waals surface area contributed by atoms with Crippen LogP contribution in [0.1, 0.15) is 11.1 Å². The Hall–Kier alpha value is -2.72. The highest BCUT2D eigenvalue weighted by Gasteiger charge is 2.26. The van der Waals surface area contributed by atoms with E-state index in [4.69, 9.17) is 0 Å². The summed E-state index contributed by atoms with van der Waals surface area (Å²) in [6.45, 7) is 4.02. The molecule has 0 saturated heterocycles. The Kier molecular flexibility index (Phi) is 6.57. The van der Waals surface area contributed by atoms with E-state index in [1.807, 2.05) is 36.7 Å². The molecule has 1 N–H and O–H groups in total. The van der Waals surface area contributed by atoms with Gasteiger partial charge in [0.05, 0.1) is 16.3 Å². The maximum absolute atomic E-state index is 12.6. The minimum atomic E-state index is -4.66. The fourth-order valence-corrected chi connectivity index (χ4v) is 4.30. The molecule has 0 atom stereocenters. The van der Waals surface area contributed by atoms with Crippen LogP contribution in [0.4, 0.5) is 14.5 Å². The molecule has 2 aromatic carbocycles. The van der Waals surface area contributed by atoms with Gasteiger partial charge in [0.1, 0.15) is 0 Å². The lowest BCUT2D eigenvalue weighted by molar-refractivity contribution is -0.113. The van der Waals surface area contributed by atoms with Crippen molar-refractivity contribution >= 4 is 33.2 Å². The largest absolute Gasteiger partial charge is 0.341 e. The lowest BCUT2D eigenvalue weighted by Crippen LogP contribution is -2.15. The number of benzene rings is 2. The number of carbonyl (C=O) groups excluding carboxylic acids is 1. The van der Waals surface area contributed by atoms with Gasteiger partial charge in [0, 0.05) is 18.1 Å². The molecule has 0 bridgehead atoms. The molecule has 3 aromatic rings. The number of hydrogen-bond donors (Lipinski definition) is 1. The van der Waals surface area contributed by atoms with Crippen LogP contribution in [0.3, 0.4) is 0 Å². The number of aryl methyl sites for hydroxylation is 2. The summed E-state index contributed by atoms with van der Waals surface area (Å²) in [6, 6.07) is 10.7. The zero-order chi connectivity index (χ0) is 21.9. The van der Waals surface area contributed by atoms with Crippen LogP contribution in [-0.4, -0.2) is 35.4 Å². The van der Waals surface area contributed by atoms with E-state index in [2.05, 4.69) is 16.4 Å². The van der Waals surface area contributed by atoms with Crippen molar-refractivity contribution < 1.29 is 22.0 Å². The third-order valence-electron chi connectivity index (χ3n) is 4.25. The maximum Gasteiger partial charge on any atom is 0.341 e. The number of nitrogens with one attached hydrogen (secondary N) is 1. The molecule has 0 aliphatic carbocycles. The summed E-state index contributed by atoms with van der Waals surface area (Å²) in [5.41, 5.74) is 3.51. The van der Waals surface area contributed by atoms with Crippen LogP contribution >= 0.6 is 11.8 Å². The standard InChI is InChI=1S/C20H19F2N3O3S2/c1-13-3-8-17(14(2)11-13)25-10-9-23-20(25)29-12-18(26)24-15-4-6-16(7-5-15)30(27,28)19(21)22/h3-11,19H,12H2,1-2H3,(H,24,26). The summed E-state index contributed by atoms with van der Waals surface area (Å²) in [5.74, 6) is -3.76. The van der Waals surface area contributed by atoms with Crippen molar-refractivity contribution in [2.75, 3.05) is 11.1 Å². The van der Waals surface area contributed by atoms with Crippen molar-refractivity contribution in [3.8, 4) is 5.69 Å². The molecule has 158 valence electrons. The molecule has 1 amide bonds. The first-order valence-corrected chi connectivity index (χ1v) is 11.4. The Morgan fingerprint density at radius 1 is 1.17 bits per heavy atom. The molecule has 0 fully saturated rings. The van der Waals surface area contributed by atoms with Gasteiger partial charge >= 0.3 is 5.76 Å². The first kappa shape index (κ1) is 22.0. The average molecular weight is 452 g/mol. The van der Waals surface area contributed by atoms with Gasteiger partial charge in [0.15, 0.2) is 5.16 Å². The molecule has 0 spiro atoms. The van der Waals surface area contributed by atoms with Crippen LogP contribution in [0.5, 0.6) is 0 Å². The third kappa shape index (κ3) is 4.88. The van der Waals surface area contributed by atoms with Crippen LogP contribution in [0, 0.1) is 13.8 Å². The minimum absolute atomic E-state index is 0.0685. The monoisotopic (exact) mass is 451 g/mol. The van der Waals surface area contributed by atoms with Crippen molar-refractivity contribution in [2.45, 2.75) is 29.7 Å². The number of rotatable bonds is 7. The molecule has 1 heterocycles. The number of hydrogen-bond acceptors (Lipinski definition) is 5. The number of carbonyl (C=O) groups is 1. The smallest absolute Gasteiger partial charge is 0.325 e. The van der Waals surface area contributed by atoms with E-state index in [0.29, 0.717) is 10.8 Å². The summed E-state index contributed by atoms with van der Waals surface area (Å²) in [4.78, 5) is 16.0. The van der Waals surface area contributed by atoms with Crippen molar-refractivity contribution in [1.82, 2.24) is 9.55 Å². The summed E-state index contributed by atoms with van der Waals surface area (Å²) in [5, 5.41) is 3.26. The van der Waals surface area contributed by atoms with Crippen molar-refractivity contribution in [3.63, 3.8) is 0 Å². The van der Waals surface area contributed by atoms with Crippen molar-refractivity contribution in [1.29, 1.82) is 0 Å². The predicted octanol–water partition coefficient (Wildman–Crippen LogP) is 4.22. The van der Waals surface area contributed by atoms with Crippen LogP contribution in [0.15, 0.2) is 64.9 Å². The predicted molar refractivity (Wildman–Crippen MR) is 112 cm³/mol. The molecule has 3 rings (SSSR count). The number of nitrogens with zero attached hydrogens (tertiary/aromatic N) is 2. The number of sulfone groups is 1. The molecule has 0 saturated carbocycles. The molecular formula is C20H19F2N3O3S2. The van der Waals surface area contributed by atoms with Gasteiger partial charge < -0.3 is 5.32 Å². The summed E-state index contributed by atoms with van der Waals surface area (Å²) >= 11 is 1.24. The van der Waals surface area contributed by atoms with Gasteiger partial charge in [-0.1, -0.05) is 29.5 Å². The topological polar surface area (TPSA) is 81.1 Å². The van der Waals surface area contributed by atoms with Crippen LogP contribution in [-0.2, 0) is 14.6 Å². The van der Waals surface area contributed by atoms with Gasteiger partial charge in [-0.25, -0.2) is 13.4 Å². The van der Waals surface area contributed by atoms with Gasteiger partial charge in [0.2, 0.25) is 15.7 Å². The van der Waals surface area contributed by atoms with E-state index >= 15 is 0 Å².